The van der Waals surface area contributed by atoms with Crippen molar-refractivity contribution in [1.29, 1.82) is 0 Å². The molecule has 2 N–H and O–H groups in total. The number of hydrogen-bond donors (Lipinski definition) is 2. The lowest BCUT2D eigenvalue weighted by Crippen LogP contribution is -2.55. The minimum absolute atomic E-state index is 0.331. The third-order valence-electron chi connectivity index (χ3n) is 3.95. The fourth-order valence-electron chi connectivity index (χ4n) is 2.71. The van der Waals surface area contributed by atoms with Crippen molar-refractivity contribution in [2.24, 2.45) is 0 Å². The number of piperazine rings is 2. The Bertz CT molecular complexity index is 281. The molecule has 0 unspecified atom stereocenters. The van der Waals surface area contributed by atoms with Crippen molar-refractivity contribution in [2.45, 2.75) is 13.0 Å². The van der Waals surface area contributed by atoms with Crippen molar-refractivity contribution < 1.29 is 9.90 Å². The number of carboxylic acid groups (broad SMARTS) is 1. The molecule has 104 valence electrons. The standard InChI is InChI=1S/C12H24N4O2/c1-11-10-16(12(17)18)9-8-15(11)7-6-14-4-2-13-3-5-14/h11,13H,2-10H2,1H3,(H,17,18)/t11-/m0/s1. The van der Waals surface area contributed by atoms with Crippen LogP contribution in [-0.4, -0.2) is 90.8 Å². The quantitative estimate of drug-likeness (QED) is 0.718. The van der Waals surface area contributed by atoms with E-state index in [0.717, 1.165) is 45.8 Å². The second kappa shape index (κ2) is 6.36. The average molecular weight is 256 g/mol. The first-order valence-corrected chi connectivity index (χ1v) is 6.82. The van der Waals surface area contributed by atoms with Crippen molar-refractivity contribution in [3.05, 3.63) is 0 Å². The number of hydrogen-bond acceptors (Lipinski definition) is 4. The van der Waals surface area contributed by atoms with E-state index in [1.165, 1.54) is 4.90 Å². The van der Waals surface area contributed by atoms with E-state index < -0.39 is 6.09 Å². The molecule has 2 saturated heterocycles. The van der Waals surface area contributed by atoms with Gasteiger partial charge in [0.25, 0.3) is 0 Å². The molecule has 2 aliphatic rings. The predicted molar refractivity (Wildman–Crippen MR) is 69.9 cm³/mol. The van der Waals surface area contributed by atoms with Crippen LogP contribution in [0.15, 0.2) is 0 Å². The van der Waals surface area contributed by atoms with Crippen molar-refractivity contribution >= 4 is 6.09 Å². The first-order valence-electron chi connectivity index (χ1n) is 6.82. The molecule has 2 aliphatic heterocycles. The third kappa shape index (κ3) is 3.57. The Morgan fingerprint density at radius 3 is 2.56 bits per heavy atom. The molecule has 1 amide bonds. The van der Waals surface area contributed by atoms with E-state index in [1.54, 1.807) is 0 Å². The predicted octanol–water partition coefficient (Wildman–Crippen LogP) is -0.424. The van der Waals surface area contributed by atoms with Crippen molar-refractivity contribution in [2.75, 3.05) is 58.9 Å². The SMILES string of the molecule is C[C@H]1CN(C(=O)O)CCN1CCN1CCNCC1. The monoisotopic (exact) mass is 256 g/mol. The number of amides is 1. The highest BCUT2D eigenvalue weighted by Crippen LogP contribution is 2.09. The van der Waals surface area contributed by atoms with E-state index in [0.29, 0.717) is 19.1 Å². The van der Waals surface area contributed by atoms with Crippen LogP contribution in [0.25, 0.3) is 0 Å². The molecular formula is C12H24N4O2. The van der Waals surface area contributed by atoms with Gasteiger partial charge in [-0.1, -0.05) is 0 Å². The molecule has 0 radical (unpaired) electrons. The lowest BCUT2D eigenvalue weighted by Gasteiger charge is -2.39. The van der Waals surface area contributed by atoms with E-state index >= 15 is 0 Å². The minimum atomic E-state index is -0.788. The normalized spacial score (nSPS) is 27.4. The summed E-state index contributed by atoms with van der Waals surface area (Å²) in [6.45, 7) is 10.8. The number of carbonyl (C=O) groups is 1. The Kier molecular flexibility index (Phi) is 4.79. The molecule has 6 heteroatoms. The summed E-state index contributed by atoms with van der Waals surface area (Å²) in [4.78, 5) is 17.3. The second-order valence-corrected chi connectivity index (χ2v) is 5.21. The Hall–Kier alpha value is -0.850. The average Bonchev–Trinajstić information content (AvgIpc) is 2.38. The van der Waals surface area contributed by atoms with Crippen molar-refractivity contribution in [3.8, 4) is 0 Å². The summed E-state index contributed by atoms with van der Waals surface area (Å²) in [6, 6.07) is 0.331. The van der Waals surface area contributed by atoms with Gasteiger partial charge >= 0.3 is 6.09 Å². The minimum Gasteiger partial charge on any atom is -0.465 e. The Morgan fingerprint density at radius 2 is 1.94 bits per heavy atom. The maximum atomic E-state index is 10.9. The molecule has 0 bridgehead atoms. The lowest BCUT2D eigenvalue weighted by atomic mass is 10.2. The summed E-state index contributed by atoms with van der Waals surface area (Å²) in [5.41, 5.74) is 0. The van der Waals surface area contributed by atoms with Crippen LogP contribution in [0.5, 0.6) is 0 Å². The van der Waals surface area contributed by atoms with E-state index in [-0.39, 0.29) is 0 Å². The van der Waals surface area contributed by atoms with Crippen LogP contribution < -0.4 is 5.32 Å². The second-order valence-electron chi connectivity index (χ2n) is 5.21. The summed E-state index contributed by atoms with van der Waals surface area (Å²) in [5.74, 6) is 0. The largest absolute Gasteiger partial charge is 0.465 e. The summed E-state index contributed by atoms with van der Waals surface area (Å²) in [5, 5.41) is 12.3. The molecule has 0 aliphatic carbocycles. The Labute approximate surface area is 109 Å². The Morgan fingerprint density at radius 1 is 1.22 bits per heavy atom. The third-order valence-corrected chi connectivity index (χ3v) is 3.95. The van der Waals surface area contributed by atoms with Gasteiger partial charge in [-0.15, -0.1) is 0 Å². The topological polar surface area (TPSA) is 59.1 Å². The van der Waals surface area contributed by atoms with Gasteiger partial charge < -0.3 is 15.3 Å². The number of nitrogens with one attached hydrogen (secondary N) is 1. The van der Waals surface area contributed by atoms with E-state index in [1.807, 2.05) is 0 Å². The fraction of sp³-hybridized carbons (Fsp3) is 0.917. The van der Waals surface area contributed by atoms with Crippen molar-refractivity contribution in [1.82, 2.24) is 20.0 Å². The van der Waals surface area contributed by atoms with Gasteiger partial charge in [0.05, 0.1) is 0 Å². The number of nitrogens with zero attached hydrogens (tertiary/aromatic N) is 3. The summed E-state index contributed by atoms with van der Waals surface area (Å²) < 4.78 is 0. The van der Waals surface area contributed by atoms with Crippen LogP contribution in [0.1, 0.15) is 6.92 Å². The first kappa shape index (κ1) is 13.6. The molecule has 2 fully saturated rings. The van der Waals surface area contributed by atoms with Crippen LogP contribution >= 0.6 is 0 Å². The zero-order valence-electron chi connectivity index (χ0n) is 11.1. The van der Waals surface area contributed by atoms with Gasteiger partial charge in [0.15, 0.2) is 0 Å². The van der Waals surface area contributed by atoms with Crippen LogP contribution in [0.2, 0.25) is 0 Å². The lowest BCUT2D eigenvalue weighted by molar-refractivity contribution is 0.0674. The van der Waals surface area contributed by atoms with E-state index in [9.17, 15) is 4.79 Å². The zero-order valence-corrected chi connectivity index (χ0v) is 11.1. The highest BCUT2D eigenvalue weighted by Gasteiger charge is 2.26. The highest BCUT2D eigenvalue weighted by atomic mass is 16.4. The summed E-state index contributed by atoms with van der Waals surface area (Å²) in [7, 11) is 0. The van der Waals surface area contributed by atoms with E-state index in [4.69, 9.17) is 5.11 Å². The van der Waals surface area contributed by atoms with Crippen LogP contribution in [0.3, 0.4) is 0 Å². The van der Waals surface area contributed by atoms with Gasteiger partial charge in [-0.2, -0.15) is 0 Å². The Balaban J connectivity index is 1.71. The van der Waals surface area contributed by atoms with Crippen molar-refractivity contribution in [3.63, 3.8) is 0 Å². The van der Waals surface area contributed by atoms with Gasteiger partial charge in [-0.05, 0) is 6.92 Å². The molecule has 2 heterocycles. The molecular weight excluding hydrogens is 232 g/mol. The molecule has 2 rings (SSSR count). The van der Waals surface area contributed by atoms with Gasteiger partial charge in [0, 0.05) is 64.9 Å². The van der Waals surface area contributed by atoms with Crippen LogP contribution in [0, 0.1) is 0 Å². The summed E-state index contributed by atoms with van der Waals surface area (Å²) in [6.07, 6.45) is -0.788. The molecule has 6 nitrogen and oxygen atoms in total. The fourth-order valence-corrected chi connectivity index (χ4v) is 2.71. The first-order chi connectivity index (χ1) is 8.66. The molecule has 1 atom stereocenters. The van der Waals surface area contributed by atoms with Gasteiger partial charge in [-0.3, -0.25) is 9.80 Å². The molecule has 18 heavy (non-hydrogen) atoms. The molecule has 0 spiro atoms. The molecule has 0 saturated carbocycles. The maximum Gasteiger partial charge on any atom is 0.407 e. The zero-order chi connectivity index (χ0) is 13.0. The van der Waals surface area contributed by atoms with Crippen LogP contribution in [0.4, 0.5) is 4.79 Å². The van der Waals surface area contributed by atoms with Crippen LogP contribution in [-0.2, 0) is 0 Å². The molecule has 0 aromatic carbocycles. The van der Waals surface area contributed by atoms with Gasteiger partial charge in [0.1, 0.15) is 0 Å². The van der Waals surface area contributed by atoms with Gasteiger partial charge in [0.2, 0.25) is 0 Å². The molecule has 0 aromatic rings. The maximum absolute atomic E-state index is 10.9. The number of rotatable bonds is 3. The summed E-state index contributed by atoms with van der Waals surface area (Å²) >= 11 is 0. The molecule has 0 aromatic heterocycles. The smallest absolute Gasteiger partial charge is 0.407 e. The highest BCUT2D eigenvalue weighted by molar-refractivity contribution is 5.65. The van der Waals surface area contributed by atoms with Gasteiger partial charge in [-0.25, -0.2) is 4.79 Å². The van der Waals surface area contributed by atoms with E-state index in [2.05, 4.69) is 22.0 Å².